The number of halogens is 1. The number of nitrogens with one attached hydrogen (secondary N) is 1. The number of allylic oxidation sites excluding steroid dienone is 1. The van der Waals surface area contributed by atoms with Crippen LogP contribution in [-0.2, 0) is 20.7 Å². The molecule has 2 N–H and O–H groups in total. The maximum absolute atomic E-state index is 13.6. The van der Waals surface area contributed by atoms with E-state index in [1.807, 2.05) is 26.1 Å². The second-order valence-electron chi connectivity index (χ2n) is 10.4. The lowest BCUT2D eigenvalue weighted by Crippen LogP contribution is -2.47. The molecule has 1 aromatic heterocycles. The van der Waals surface area contributed by atoms with Gasteiger partial charge in [-0.1, -0.05) is 6.07 Å². The number of benzene rings is 1. The summed E-state index contributed by atoms with van der Waals surface area (Å²) in [5.74, 6) is -0.206. The van der Waals surface area contributed by atoms with Crippen LogP contribution in [-0.4, -0.2) is 90.5 Å². The molecule has 202 valence electrons. The number of hydrogen-bond donors (Lipinski definition) is 2. The summed E-state index contributed by atoms with van der Waals surface area (Å²) in [7, 11) is 0. The summed E-state index contributed by atoms with van der Waals surface area (Å²) in [5.41, 5.74) is 3.81. The lowest BCUT2D eigenvalue weighted by molar-refractivity contribution is -0.111. The van der Waals surface area contributed by atoms with Gasteiger partial charge in [0.15, 0.2) is 0 Å². The minimum Gasteiger partial charge on any atom is -0.482 e. The number of pyridine rings is 1. The van der Waals surface area contributed by atoms with Gasteiger partial charge in [-0.3, -0.25) is 14.7 Å². The third-order valence-electron chi connectivity index (χ3n) is 7.33. The third-order valence-corrected chi connectivity index (χ3v) is 7.33. The van der Waals surface area contributed by atoms with Crippen LogP contribution in [0, 0.1) is 5.82 Å². The fourth-order valence-corrected chi connectivity index (χ4v) is 5.21. The number of carbonyl (C=O) groups is 1. The molecule has 0 saturated carbocycles. The average Bonchev–Trinajstić information content (AvgIpc) is 3.40. The number of rotatable bonds is 9. The Morgan fingerprint density at radius 2 is 1.87 bits per heavy atom. The molecule has 0 spiro atoms. The van der Waals surface area contributed by atoms with Gasteiger partial charge in [0.05, 0.1) is 31.1 Å². The Morgan fingerprint density at radius 3 is 2.58 bits per heavy atom. The minimum absolute atomic E-state index is 0.0714. The normalized spacial score (nSPS) is 21.3. The molecule has 4 heterocycles. The monoisotopic (exact) mass is 522 g/mol. The molecule has 1 saturated heterocycles. The van der Waals surface area contributed by atoms with E-state index < -0.39 is 11.4 Å². The van der Waals surface area contributed by atoms with E-state index in [4.69, 9.17) is 19.6 Å². The lowest BCUT2D eigenvalue weighted by Gasteiger charge is -2.34. The minimum atomic E-state index is -0.641. The number of fused-ring (bicyclic) bond motifs is 1. The lowest BCUT2D eigenvalue weighted by atomic mass is 9.93. The van der Waals surface area contributed by atoms with Crippen molar-refractivity contribution in [2.45, 2.75) is 25.9 Å². The van der Waals surface area contributed by atoms with Crippen molar-refractivity contribution in [3.8, 4) is 0 Å². The van der Waals surface area contributed by atoms with E-state index in [1.54, 1.807) is 6.07 Å². The largest absolute Gasteiger partial charge is 0.482 e. The molecule has 1 fully saturated rings. The summed E-state index contributed by atoms with van der Waals surface area (Å²) >= 11 is 0. The Kier molecular flexibility index (Phi) is 7.90. The highest BCUT2D eigenvalue weighted by Gasteiger charge is 2.38. The zero-order valence-electron chi connectivity index (χ0n) is 22.0. The number of piperazine rings is 1. The predicted molar refractivity (Wildman–Crippen MR) is 144 cm³/mol. The molecule has 0 radical (unpaired) electrons. The van der Waals surface area contributed by atoms with E-state index in [2.05, 4.69) is 27.2 Å². The van der Waals surface area contributed by atoms with Gasteiger partial charge in [-0.05, 0) is 44.2 Å². The number of aliphatic hydroxyl groups excluding tert-OH is 1. The number of ether oxygens (including phenoxy) is 2. The summed E-state index contributed by atoms with van der Waals surface area (Å²) < 4.78 is 25.2. The van der Waals surface area contributed by atoms with Crippen LogP contribution in [0.4, 0.5) is 10.1 Å². The zero-order chi connectivity index (χ0) is 26.7. The number of amides is 1. The van der Waals surface area contributed by atoms with Gasteiger partial charge in [-0.2, -0.15) is 0 Å². The topological polar surface area (TPSA) is 87.2 Å². The molecule has 38 heavy (non-hydrogen) atoms. The molecule has 1 amide bonds. The maximum atomic E-state index is 13.6. The Morgan fingerprint density at radius 1 is 1.11 bits per heavy atom. The predicted octanol–water partition coefficient (Wildman–Crippen LogP) is 2.95. The van der Waals surface area contributed by atoms with Crippen molar-refractivity contribution in [2.24, 2.45) is 0 Å². The van der Waals surface area contributed by atoms with Crippen LogP contribution in [0.3, 0.4) is 0 Å². The van der Waals surface area contributed by atoms with Crippen molar-refractivity contribution < 1.29 is 23.8 Å². The first-order chi connectivity index (χ1) is 18.3. The van der Waals surface area contributed by atoms with Crippen LogP contribution < -0.4 is 5.32 Å². The Hall–Kier alpha value is -3.11. The molecule has 1 aromatic carbocycles. The first kappa shape index (κ1) is 26.5. The van der Waals surface area contributed by atoms with Gasteiger partial charge < -0.3 is 24.8 Å². The summed E-state index contributed by atoms with van der Waals surface area (Å²) in [6, 6.07) is 8.41. The van der Waals surface area contributed by atoms with Crippen molar-refractivity contribution in [1.82, 2.24) is 14.8 Å². The molecule has 3 aliphatic rings. The Bertz CT molecular complexity index is 1230. The summed E-state index contributed by atoms with van der Waals surface area (Å²) in [6.45, 7) is 11.0. The number of nitrogens with zero attached hydrogens (tertiary/aromatic N) is 3. The van der Waals surface area contributed by atoms with Crippen molar-refractivity contribution in [3.63, 3.8) is 0 Å². The van der Waals surface area contributed by atoms with Gasteiger partial charge in [-0.15, -0.1) is 0 Å². The maximum Gasteiger partial charge on any atom is 0.260 e. The van der Waals surface area contributed by atoms with Gasteiger partial charge >= 0.3 is 0 Å². The standard InChI is InChI=1S/C29H35FN4O4/c1-29(2)24(18-26(38-29)27-23-6-4-21(30)17-25(23)32-28(27)36)20-3-5-22(31-19-20)7-8-33-9-11-34(12-10-33)13-15-37-16-14-35/h3-6,17-19,35H,7-16H2,1-2H3,(H,32,36). The second kappa shape index (κ2) is 11.3. The van der Waals surface area contributed by atoms with Gasteiger partial charge in [0.25, 0.3) is 5.91 Å². The first-order valence-corrected chi connectivity index (χ1v) is 13.2. The highest BCUT2D eigenvalue weighted by Crippen LogP contribution is 2.44. The van der Waals surface area contributed by atoms with Crippen LogP contribution in [0.1, 0.15) is 30.7 Å². The number of hydrogen-bond acceptors (Lipinski definition) is 7. The highest BCUT2D eigenvalue weighted by atomic mass is 19.1. The van der Waals surface area contributed by atoms with Crippen molar-refractivity contribution in [2.75, 3.05) is 64.4 Å². The number of carbonyl (C=O) groups excluding carboxylic acids is 1. The molecule has 0 unspecified atom stereocenters. The van der Waals surface area contributed by atoms with E-state index in [1.165, 1.54) is 12.1 Å². The summed E-state index contributed by atoms with van der Waals surface area (Å²) in [5, 5.41) is 11.5. The van der Waals surface area contributed by atoms with Gasteiger partial charge in [0.2, 0.25) is 0 Å². The number of anilines is 1. The van der Waals surface area contributed by atoms with Crippen LogP contribution in [0.5, 0.6) is 0 Å². The Labute approximate surface area is 222 Å². The third kappa shape index (κ3) is 5.81. The molecule has 5 rings (SSSR count). The van der Waals surface area contributed by atoms with E-state index in [-0.39, 0.29) is 12.5 Å². The van der Waals surface area contributed by atoms with Gasteiger partial charge in [-0.25, -0.2) is 4.39 Å². The molecular weight excluding hydrogens is 487 g/mol. The fourth-order valence-electron chi connectivity index (χ4n) is 5.21. The van der Waals surface area contributed by atoms with Crippen LogP contribution in [0.25, 0.3) is 11.1 Å². The molecule has 0 atom stereocenters. The fraction of sp³-hybridized carbons (Fsp3) is 0.448. The van der Waals surface area contributed by atoms with E-state index in [9.17, 15) is 9.18 Å². The smallest absolute Gasteiger partial charge is 0.260 e. The van der Waals surface area contributed by atoms with Crippen molar-refractivity contribution >= 4 is 22.7 Å². The Balaban J connectivity index is 1.21. The van der Waals surface area contributed by atoms with Crippen molar-refractivity contribution in [1.29, 1.82) is 0 Å². The second-order valence-corrected chi connectivity index (χ2v) is 10.4. The molecule has 0 bridgehead atoms. The van der Waals surface area contributed by atoms with Gasteiger partial charge in [0.1, 0.15) is 17.2 Å². The summed E-state index contributed by atoms with van der Waals surface area (Å²) in [4.78, 5) is 22.3. The highest BCUT2D eigenvalue weighted by molar-refractivity contribution is 6.32. The molecular formula is C29H35FN4O4. The van der Waals surface area contributed by atoms with E-state index >= 15 is 0 Å². The van der Waals surface area contributed by atoms with Crippen molar-refractivity contribution in [3.05, 3.63) is 71.0 Å². The molecule has 0 aliphatic carbocycles. The van der Waals surface area contributed by atoms with E-state index in [0.29, 0.717) is 35.8 Å². The molecule has 8 nitrogen and oxygen atoms in total. The quantitative estimate of drug-likeness (QED) is 0.387. The SMILES string of the molecule is CC1(C)OC(=C2C(=O)Nc3cc(F)ccc32)C=C1c1ccc(CCN2CCN(CCOCCO)CC2)nc1. The first-order valence-electron chi connectivity index (χ1n) is 13.2. The van der Waals surface area contributed by atoms with Crippen LogP contribution in [0.2, 0.25) is 0 Å². The van der Waals surface area contributed by atoms with Crippen LogP contribution in [0.15, 0.2) is 48.4 Å². The summed E-state index contributed by atoms with van der Waals surface area (Å²) in [6.07, 6.45) is 4.66. The number of aromatic nitrogens is 1. The molecule has 9 heteroatoms. The van der Waals surface area contributed by atoms with Gasteiger partial charge in [0, 0.05) is 74.3 Å². The zero-order valence-corrected chi connectivity index (χ0v) is 22.0. The molecule has 3 aliphatic heterocycles. The molecule has 2 aromatic rings. The van der Waals surface area contributed by atoms with E-state index in [0.717, 1.165) is 62.5 Å². The average molecular weight is 523 g/mol. The number of aliphatic hydroxyl groups is 1. The van der Waals surface area contributed by atoms with Crippen LogP contribution >= 0.6 is 0 Å².